The average molecular weight is 515 g/mol. The van der Waals surface area contributed by atoms with Crippen LogP contribution in [-0.2, 0) is 14.8 Å². The molecule has 0 atom stereocenters. The quantitative estimate of drug-likeness (QED) is 0.270. The molecule has 186 valence electrons. The number of hydrogen-bond acceptors (Lipinski definition) is 5. The monoisotopic (exact) mass is 514 g/mol. The van der Waals surface area contributed by atoms with Crippen molar-refractivity contribution in [2.24, 2.45) is 0 Å². The maximum atomic E-state index is 14.1. The number of methoxy groups -OCH3 is 1. The molecule has 0 aliphatic carbocycles. The minimum absolute atomic E-state index is 0.0939. The van der Waals surface area contributed by atoms with Gasteiger partial charge in [0.15, 0.2) is 0 Å². The molecule has 0 saturated heterocycles. The number of halogens is 1. The first-order valence-corrected chi connectivity index (χ1v) is 12.7. The second-order valence-electron chi connectivity index (χ2n) is 8.15. The number of benzene rings is 3. The number of aryl methyl sites for hydroxylation is 1. The Labute approximate surface area is 215 Å². The molecule has 0 unspecified atom stereocenters. The summed E-state index contributed by atoms with van der Waals surface area (Å²) in [6.07, 6.45) is 1.42. The number of carbonyl (C=O) groups is 1. The van der Waals surface area contributed by atoms with Crippen LogP contribution in [0.5, 0.6) is 0 Å². The number of sulfonamides is 1. The fourth-order valence-electron chi connectivity index (χ4n) is 3.66. The second-order valence-corrected chi connectivity index (χ2v) is 10.1. The van der Waals surface area contributed by atoms with Crippen LogP contribution in [0.2, 0.25) is 0 Å². The first-order valence-electron chi connectivity index (χ1n) is 11.2. The first-order chi connectivity index (χ1) is 17.7. The summed E-state index contributed by atoms with van der Waals surface area (Å²) >= 11 is 0. The van der Waals surface area contributed by atoms with E-state index in [2.05, 4.69) is 21.6 Å². The maximum absolute atomic E-state index is 14.1. The van der Waals surface area contributed by atoms with Gasteiger partial charge < -0.3 is 4.74 Å². The maximum Gasteiger partial charge on any atom is 0.356 e. The Morgan fingerprint density at radius 3 is 2.22 bits per heavy atom. The van der Waals surface area contributed by atoms with E-state index in [0.717, 1.165) is 15.4 Å². The highest BCUT2D eigenvalue weighted by Gasteiger charge is 2.23. The number of aromatic nitrogens is 1. The summed E-state index contributed by atoms with van der Waals surface area (Å²) in [5.41, 5.74) is 3.57. The largest absolute Gasteiger partial charge is 0.464 e. The lowest BCUT2D eigenvalue weighted by atomic mass is 10.1. The van der Waals surface area contributed by atoms with Crippen molar-refractivity contribution >= 4 is 21.7 Å². The van der Waals surface area contributed by atoms with Gasteiger partial charge in [-0.3, -0.25) is 4.31 Å². The number of esters is 1. The normalized spacial score (nSPS) is 10.8. The van der Waals surface area contributed by atoms with Gasteiger partial charge in [-0.05, 0) is 60.0 Å². The van der Waals surface area contributed by atoms with Gasteiger partial charge in [0.1, 0.15) is 11.5 Å². The molecule has 1 aromatic heterocycles. The fraction of sp³-hybridized carbons (Fsp3) is 0.103. The van der Waals surface area contributed by atoms with Crippen molar-refractivity contribution < 1.29 is 22.3 Å². The van der Waals surface area contributed by atoms with Crippen LogP contribution in [0.3, 0.4) is 0 Å². The van der Waals surface area contributed by atoms with Crippen LogP contribution in [0.1, 0.15) is 27.2 Å². The minimum Gasteiger partial charge on any atom is -0.464 e. The van der Waals surface area contributed by atoms with Crippen molar-refractivity contribution in [3.8, 4) is 23.0 Å². The molecule has 6 nitrogen and oxygen atoms in total. The van der Waals surface area contributed by atoms with E-state index in [1.807, 2.05) is 30.3 Å². The first kappa shape index (κ1) is 25.6. The zero-order valence-corrected chi connectivity index (χ0v) is 21.2. The van der Waals surface area contributed by atoms with Crippen LogP contribution < -0.4 is 4.31 Å². The van der Waals surface area contributed by atoms with Gasteiger partial charge in [-0.15, -0.1) is 0 Å². The lowest BCUT2D eigenvalue weighted by molar-refractivity contribution is 0.0594. The van der Waals surface area contributed by atoms with E-state index in [1.165, 1.54) is 44.6 Å². The fourth-order valence-corrected chi connectivity index (χ4v) is 4.87. The third-order valence-electron chi connectivity index (χ3n) is 5.75. The summed E-state index contributed by atoms with van der Waals surface area (Å²) in [4.78, 5) is 15.8. The van der Waals surface area contributed by atoms with Crippen molar-refractivity contribution in [1.29, 1.82) is 0 Å². The number of anilines is 1. The number of pyridine rings is 1. The molecule has 0 saturated carbocycles. The Balaban J connectivity index is 1.67. The molecule has 4 aromatic rings. The summed E-state index contributed by atoms with van der Waals surface area (Å²) in [7, 11) is -1.29. The van der Waals surface area contributed by atoms with Gasteiger partial charge in [0.2, 0.25) is 0 Å². The molecule has 3 aromatic carbocycles. The molecule has 0 radical (unpaired) electrons. The van der Waals surface area contributed by atoms with Gasteiger partial charge in [-0.25, -0.2) is 22.6 Å². The molecule has 0 amide bonds. The van der Waals surface area contributed by atoms with Crippen molar-refractivity contribution in [2.75, 3.05) is 18.5 Å². The number of ether oxygens (including phenoxy) is 1. The topological polar surface area (TPSA) is 76.6 Å². The van der Waals surface area contributed by atoms with Crippen molar-refractivity contribution in [3.05, 3.63) is 113 Å². The molecule has 0 spiro atoms. The minimum atomic E-state index is -3.96. The SMILES string of the molecule is COC(=O)c1cc(C)c(C#Cc2cc(F)ccc2N(C)S(=O)(=O)c2ccc(-c3ccccc3)cc2)cn1. The van der Waals surface area contributed by atoms with Crippen LogP contribution in [0, 0.1) is 24.6 Å². The molecule has 8 heteroatoms. The molecule has 1 heterocycles. The molecular formula is C29H23FN2O4S. The Morgan fingerprint density at radius 1 is 0.919 bits per heavy atom. The molecule has 0 N–H and O–H groups in total. The number of carbonyl (C=O) groups excluding carboxylic acids is 1. The molecule has 37 heavy (non-hydrogen) atoms. The number of rotatable bonds is 5. The molecule has 0 bridgehead atoms. The van der Waals surface area contributed by atoms with Crippen LogP contribution in [-0.4, -0.2) is 33.5 Å². The summed E-state index contributed by atoms with van der Waals surface area (Å²) in [5, 5.41) is 0. The highest BCUT2D eigenvalue weighted by molar-refractivity contribution is 7.92. The van der Waals surface area contributed by atoms with Gasteiger partial charge in [0, 0.05) is 18.8 Å². The van der Waals surface area contributed by atoms with Crippen molar-refractivity contribution in [2.45, 2.75) is 11.8 Å². The molecule has 4 rings (SSSR count). The van der Waals surface area contributed by atoms with Crippen LogP contribution in [0.15, 0.2) is 90.0 Å². The van der Waals surface area contributed by atoms with Crippen LogP contribution in [0.4, 0.5) is 10.1 Å². The van der Waals surface area contributed by atoms with Crippen molar-refractivity contribution in [3.63, 3.8) is 0 Å². The molecular weight excluding hydrogens is 491 g/mol. The van der Waals surface area contributed by atoms with E-state index < -0.39 is 21.8 Å². The van der Waals surface area contributed by atoms with E-state index in [1.54, 1.807) is 31.2 Å². The standard InChI is InChI=1S/C29H23FN2O4S/c1-20-17-27(29(33)36-3)31-19-24(20)10-9-23-18-25(30)13-16-28(23)32(2)37(34,35)26-14-11-22(12-15-26)21-7-5-4-6-8-21/h4-8,11-19H,1-3H3. The lowest BCUT2D eigenvalue weighted by Crippen LogP contribution is -2.27. The number of hydrogen-bond donors (Lipinski definition) is 0. The Hall–Kier alpha value is -4.48. The number of nitrogens with zero attached hydrogens (tertiary/aromatic N) is 2. The van der Waals surface area contributed by atoms with Crippen LogP contribution >= 0.6 is 0 Å². The summed E-state index contributed by atoms with van der Waals surface area (Å²) < 4.78 is 46.7. The van der Waals surface area contributed by atoms with E-state index in [0.29, 0.717) is 11.1 Å². The highest BCUT2D eigenvalue weighted by atomic mass is 32.2. The molecule has 0 aliphatic heterocycles. The van der Waals surface area contributed by atoms with Crippen molar-refractivity contribution in [1.82, 2.24) is 4.98 Å². The smallest absolute Gasteiger partial charge is 0.356 e. The van der Waals surface area contributed by atoms with Gasteiger partial charge >= 0.3 is 5.97 Å². The zero-order valence-electron chi connectivity index (χ0n) is 20.4. The van der Waals surface area contributed by atoms with E-state index in [9.17, 15) is 17.6 Å². The van der Waals surface area contributed by atoms with E-state index >= 15 is 0 Å². The van der Waals surface area contributed by atoms with Gasteiger partial charge in [0.05, 0.1) is 23.3 Å². The average Bonchev–Trinajstić information content (AvgIpc) is 2.92. The Bertz CT molecular complexity index is 1620. The van der Waals surface area contributed by atoms with Gasteiger partial charge in [-0.2, -0.15) is 0 Å². The van der Waals surface area contributed by atoms with Crippen LogP contribution in [0.25, 0.3) is 11.1 Å². The predicted octanol–water partition coefficient (Wildman–Crippen LogP) is 5.21. The van der Waals surface area contributed by atoms with E-state index in [4.69, 9.17) is 0 Å². The van der Waals surface area contributed by atoms with Gasteiger partial charge in [0.25, 0.3) is 10.0 Å². The predicted molar refractivity (Wildman–Crippen MR) is 140 cm³/mol. The third kappa shape index (κ3) is 5.52. The summed E-state index contributed by atoms with van der Waals surface area (Å²) in [6.45, 7) is 1.75. The Kier molecular flexibility index (Phi) is 7.37. The molecule has 0 aliphatic rings. The molecule has 0 fully saturated rings. The Morgan fingerprint density at radius 2 is 1.57 bits per heavy atom. The lowest BCUT2D eigenvalue weighted by Gasteiger charge is -2.21. The zero-order chi connectivity index (χ0) is 26.6. The summed E-state index contributed by atoms with van der Waals surface area (Å²) in [6, 6.07) is 21.5. The third-order valence-corrected chi connectivity index (χ3v) is 7.54. The van der Waals surface area contributed by atoms with Gasteiger partial charge in [-0.1, -0.05) is 54.3 Å². The summed E-state index contributed by atoms with van der Waals surface area (Å²) in [5.74, 6) is 4.63. The second kappa shape index (κ2) is 10.6. The van der Waals surface area contributed by atoms with E-state index in [-0.39, 0.29) is 21.8 Å². The highest BCUT2D eigenvalue weighted by Crippen LogP contribution is 2.28.